The fourth-order valence-corrected chi connectivity index (χ4v) is 3.92. The first-order valence-electron chi connectivity index (χ1n) is 9.26. The average Bonchev–Trinajstić information content (AvgIpc) is 3.03. The molecule has 0 N–H and O–H groups in total. The van der Waals surface area contributed by atoms with Crippen molar-refractivity contribution in [3.63, 3.8) is 0 Å². The van der Waals surface area contributed by atoms with Crippen molar-refractivity contribution in [3.05, 3.63) is 59.9 Å². The first-order chi connectivity index (χ1) is 13.0. The Kier molecular flexibility index (Phi) is 4.56. The molecule has 2 aliphatic rings. The molecule has 0 saturated carbocycles. The molecule has 0 aliphatic carbocycles. The molecule has 0 aromatic heterocycles. The molecule has 1 saturated heterocycles. The van der Waals surface area contributed by atoms with Crippen LogP contribution in [-0.4, -0.2) is 42.5 Å². The standard InChI is InChI=1S/C21H22FN3O2/c1-15-7-8-16-13-17(22)9-10-19(16)25(15)20(26)14-23-11-12-24(21(23)27)18-5-3-2-4-6-18/h2-6,9-10,13,15H,7-8,11-12,14H2,1H3. The summed E-state index contributed by atoms with van der Waals surface area (Å²) in [6.45, 7) is 3.10. The molecule has 2 aromatic carbocycles. The minimum atomic E-state index is -0.288. The number of para-hydroxylation sites is 1. The van der Waals surface area contributed by atoms with Gasteiger partial charge in [0.2, 0.25) is 5.91 Å². The fraction of sp³-hybridized carbons (Fsp3) is 0.333. The van der Waals surface area contributed by atoms with E-state index in [1.165, 1.54) is 12.1 Å². The number of amides is 3. The molecule has 0 spiro atoms. The summed E-state index contributed by atoms with van der Waals surface area (Å²) in [5.41, 5.74) is 2.44. The van der Waals surface area contributed by atoms with Gasteiger partial charge in [0, 0.05) is 30.5 Å². The summed E-state index contributed by atoms with van der Waals surface area (Å²) >= 11 is 0. The van der Waals surface area contributed by atoms with Crippen LogP contribution in [0.1, 0.15) is 18.9 Å². The Morgan fingerprint density at radius 2 is 1.93 bits per heavy atom. The molecule has 1 fully saturated rings. The zero-order chi connectivity index (χ0) is 19.0. The third-order valence-corrected chi connectivity index (χ3v) is 5.33. The average molecular weight is 367 g/mol. The number of fused-ring (bicyclic) bond motifs is 1. The van der Waals surface area contributed by atoms with Crippen LogP contribution in [0.25, 0.3) is 0 Å². The van der Waals surface area contributed by atoms with Gasteiger partial charge in [-0.3, -0.25) is 9.69 Å². The molecule has 0 radical (unpaired) electrons. The number of halogens is 1. The van der Waals surface area contributed by atoms with E-state index in [0.717, 1.165) is 29.8 Å². The lowest BCUT2D eigenvalue weighted by molar-refractivity contribution is -0.119. The van der Waals surface area contributed by atoms with Gasteiger partial charge in [0.25, 0.3) is 0 Å². The predicted molar refractivity (Wildman–Crippen MR) is 102 cm³/mol. The first-order valence-corrected chi connectivity index (χ1v) is 9.26. The zero-order valence-corrected chi connectivity index (χ0v) is 15.3. The van der Waals surface area contributed by atoms with Crippen LogP contribution in [0, 0.1) is 5.82 Å². The lowest BCUT2D eigenvalue weighted by Gasteiger charge is -2.36. The quantitative estimate of drug-likeness (QED) is 0.834. The zero-order valence-electron chi connectivity index (χ0n) is 15.3. The van der Waals surface area contributed by atoms with Crippen molar-refractivity contribution in [1.82, 2.24) is 4.90 Å². The van der Waals surface area contributed by atoms with E-state index in [1.807, 2.05) is 37.3 Å². The molecule has 0 bridgehead atoms. The molecular weight excluding hydrogens is 345 g/mol. The van der Waals surface area contributed by atoms with Crippen molar-refractivity contribution in [1.29, 1.82) is 0 Å². The molecule has 1 atom stereocenters. The lowest BCUT2D eigenvalue weighted by Crippen LogP contribution is -2.48. The van der Waals surface area contributed by atoms with Gasteiger partial charge in [0.05, 0.1) is 0 Å². The second-order valence-corrected chi connectivity index (χ2v) is 7.12. The Bertz CT molecular complexity index is 871. The lowest BCUT2D eigenvalue weighted by atomic mass is 9.96. The second-order valence-electron chi connectivity index (χ2n) is 7.12. The minimum absolute atomic E-state index is 0.0263. The van der Waals surface area contributed by atoms with Crippen LogP contribution < -0.4 is 9.80 Å². The van der Waals surface area contributed by atoms with Gasteiger partial charge in [-0.2, -0.15) is 0 Å². The fourth-order valence-electron chi connectivity index (χ4n) is 3.92. The van der Waals surface area contributed by atoms with E-state index in [4.69, 9.17) is 0 Å². The highest BCUT2D eigenvalue weighted by Gasteiger charge is 2.34. The normalized spacial score (nSPS) is 19.4. The van der Waals surface area contributed by atoms with E-state index in [2.05, 4.69) is 0 Å². The van der Waals surface area contributed by atoms with E-state index in [0.29, 0.717) is 13.1 Å². The van der Waals surface area contributed by atoms with Crippen molar-refractivity contribution < 1.29 is 14.0 Å². The molecule has 2 aromatic rings. The highest BCUT2D eigenvalue weighted by molar-refractivity contribution is 6.01. The van der Waals surface area contributed by atoms with Gasteiger partial charge in [0.1, 0.15) is 12.4 Å². The maximum absolute atomic E-state index is 13.5. The van der Waals surface area contributed by atoms with E-state index >= 15 is 0 Å². The Labute approximate surface area is 158 Å². The number of nitrogens with zero attached hydrogens (tertiary/aromatic N) is 3. The van der Waals surface area contributed by atoms with Crippen LogP contribution in [0.5, 0.6) is 0 Å². The Morgan fingerprint density at radius 1 is 1.15 bits per heavy atom. The van der Waals surface area contributed by atoms with E-state index in [-0.39, 0.29) is 30.3 Å². The van der Waals surface area contributed by atoms with Crippen molar-refractivity contribution >= 4 is 23.3 Å². The highest BCUT2D eigenvalue weighted by atomic mass is 19.1. The number of anilines is 2. The summed E-state index contributed by atoms with van der Waals surface area (Å²) in [4.78, 5) is 30.7. The molecule has 2 aliphatic heterocycles. The van der Waals surface area contributed by atoms with Crippen molar-refractivity contribution in [2.24, 2.45) is 0 Å². The minimum Gasteiger partial charge on any atom is -0.313 e. The van der Waals surface area contributed by atoms with Crippen LogP contribution in [0.4, 0.5) is 20.6 Å². The van der Waals surface area contributed by atoms with Crippen LogP contribution in [-0.2, 0) is 11.2 Å². The van der Waals surface area contributed by atoms with Gasteiger partial charge >= 0.3 is 6.03 Å². The highest BCUT2D eigenvalue weighted by Crippen LogP contribution is 2.31. The molecule has 6 heteroatoms. The maximum Gasteiger partial charge on any atom is 0.325 e. The van der Waals surface area contributed by atoms with Crippen molar-refractivity contribution in [2.75, 3.05) is 29.4 Å². The summed E-state index contributed by atoms with van der Waals surface area (Å²) in [6, 6.07) is 13.9. The smallest absolute Gasteiger partial charge is 0.313 e. The Morgan fingerprint density at radius 3 is 2.70 bits per heavy atom. The predicted octanol–water partition coefficient (Wildman–Crippen LogP) is 3.44. The summed E-state index contributed by atoms with van der Waals surface area (Å²) in [7, 11) is 0. The number of carbonyl (C=O) groups excluding carboxylic acids is 2. The molecule has 1 unspecified atom stereocenters. The number of carbonyl (C=O) groups is 2. The number of hydrogen-bond donors (Lipinski definition) is 0. The monoisotopic (exact) mass is 367 g/mol. The summed E-state index contributed by atoms with van der Waals surface area (Å²) in [6.07, 6.45) is 1.54. The van der Waals surface area contributed by atoms with E-state index in [1.54, 1.807) is 20.8 Å². The van der Waals surface area contributed by atoms with Gasteiger partial charge in [-0.1, -0.05) is 18.2 Å². The molecule has 2 heterocycles. The number of hydrogen-bond acceptors (Lipinski definition) is 2. The molecule has 4 rings (SSSR count). The van der Waals surface area contributed by atoms with Gasteiger partial charge in [0.15, 0.2) is 0 Å². The number of urea groups is 1. The summed E-state index contributed by atoms with van der Waals surface area (Å²) in [5, 5.41) is 0. The van der Waals surface area contributed by atoms with Gasteiger partial charge in [-0.25, -0.2) is 9.18 Å². The number of aryl methyl sites for hydroxylation is 1. The largest absolute Gasteiger partial charge is 0.325 e. The second kappa shape index (κ2) is 7.02. The van der Waals surface area contributed by atoms with E-state index in [9.17, 15) is 14.0 Å². The van der Waals surface area contributed by atoms with Crippen LogP contribution in [0.15, 0.2) is 48.5 Å². The first kappa shape index (κ1) is 17.5. The number of benzene rings is 2. The van der Waals surface area contributed by atoms with Crippen molar-refractivity contribution in [3.8, 4) is 0 Å². The van der Waals surface area contributed by atoms with Gasteiger partial charge in [-0.05, 0) is 55.7 Å². The molecular formula is C21H22FN3O2. The van der Waals surface area contributed by atoms with Crippen LogP contribution >= 0.6 is 0 Å². The molecule has 27 heavy (non-hydrogen) atoms. The molecule has 3 amide bonds. The third-order valence-electron chi connectivity index (χ3n) is 5.33. The summed E-state index contributed by atoms with van der Waals surface area (Å²) < 4.78 is 13.5. The van der Waals surface area contributed by atoms with Crippen LogP contribution in [0.2, 0.25) is 0 Å². The maximum atomic E-state index is 13.5. The van der Waals surface area contributed by atoms with E-state index < -0.39 is 0 Å². The molecule has 140 valence electrons. The van der Waals surface area contributed by atoms with Gasteiger partial charge in [-0.15, -0.1) is 0 Å². The Hall–Kier alpha value is -2.89. The van der Waals surface area contributed by atoms with Crippen molar-refractivity contribution in [2.45, 2.75) is 25.8 Å². The topological polar surface area (TPSA) is 43.9 Å². The molecule has 5 nitrogen and oxygen atoms in total. The summed E-state index contributed by atoms with van der Waals surface area (Å²) in [5.74, 6) is -0.415. The van der Waals surface area contributed by atoms with Gasteiger partial charge < -0.3 is 9.80 Å². The third kappa shape index (κ3) is 3.27. The SMILES string of the molecule is CC1CCc2cc(F)ccc2N1C(=O)CN1CCN(c2ccccc2)C1=O. The number of rotatable bonds is 3. The Balaban J connectivity index is 1.51. The van der Waals surface area contributed by atoms with Crippen LogP contribution in [0.3, 0.4) is 0 Å².